The summed E-state index contributed by atoms with van der Waals surface area (Å²) in [5.74, 6) is -0.977. The van der Waals surface area contributed by atoms with Crippen molar-refractivity contribution in [2.45, 2.75) is 32.2 Å². The third-order valence-corrected chi connectivity index (χ3v) is 3.79. The Hall–Kier alpha value is -1.85. The smallest absolute Gasteiger partial charge is 0.331 e. The van der Waals surface area contributed by atoms with Gasteiger partial charge in [0.25, 0.3) is 0 Å². The van der Waals surface area contributed by atoms with Gasteiger partial charge >= 0.3 is 5.97 Å². The van der Waals surface area contributed by atoms with E-state index in [9.17, 15) is 14.7 Å². The Morgan fingerprint density at radius 1 is 1.53 bits per heavy atom. The summed E-state index contributed by atoms with van der Waals surface area (Å²) < 4.78 is 1.52. The molecule has 2 rings (SSSR count). The zero-order valence-electron chi connectivity index (χ0n) is 11.2. The molecule has 6 heteroatoms. The zero-order valence-corrected chi connectivity index (χ0v) is 11.2. The van der Waals surface area contributed by atoms with E-state index >= 15 is 0 Å². The van der Waals surface area contributed by atoms with Gasteiger partial charge in [0.05, 0.1) is 6.20 Å². The normalized spacial score (nSPS) is 24.1. The number of hydrogen-bond acceptors (Lipinski definition) is 3. The van der Waals surface area contributed by atoms with Gasteiger partial charge in [0, 0.05) is 24.7 Å². The molecule has 0 aliphatic heterocycles. The van der Waals surface area contributed by atoms with Crippen molar-refractivity contribution in [1.82, 2.24) is 15.1 Å². The van der Waals surface area contributed by atoms with E-state index in [1.165, 1.54) is 10.9 Å². The average molecular weight is 265 g/mol. The van der Waals surface area contributed by atoms with Crippen molar-refractivity contribution >= 4 is 11.9 Å². The molecule has 1 aliphatic rings. The number of aromatic nitrogens is 2. The molecule has 1 fully saturated rings. The first-order valence-electron chi connectivity index (χ1n) is 6.50. The van der Waals surface area contributed by atoms with Crippen molar-refractivity contribution in [3.05, 3.63) is 18.0 Å². The van der Waals surface area contributed by atoms with E-state index in [4.69, 9.17) is 0 Å². The maximum Gasteiger partial charge on any atom is 0.331 e. The van der Waals surface area contributed by atoms with Gasteiger partial charge in [0.2, 0.25) is 5.91 Å². The van der Waals surface area contributed by atoms with E-state index in [0.29, 0.717) is 11.5 Å². The molecule has 1 heterocycles. The molecule has 3 unspecified atom stereocenters. The van der Waals surface area contributed by atoms with E-state index in [2.05, 4.69) is 10.4 Å². The van der Waals surface area contributed by atoms with Gasteiger partial charge in [-0.05, 0) is 18.8 Å². The number of aliphatic carboxylic acids is 1. The predicted molar refractivity (Wildman–Crippen MR) is 68.2 cm³/mol. The molecule has 0 aromatic carbocycles. The molecule has 0 radical (unpaired) electrons. The van der Waals surface area contributed by atoms with Gasteiger partial charge in [0.15, 0.2) is 6.04 Å². The summed E-state index contributed by atoms with van der Waals surface area (Å²) in [6.07, 6.45) is 5.98. The second kappa shape index (κ2) is 5.42. The Balaban J connectivity index is 2.09. The molecular weight excluding hydrogens is 246 g/mol. The molecule has 2 N–H and O–H groups in total. The number of carbonyl (C=O) groups is 2. The largest absolute Gasteiger partial charge is 0.479 e. The predicted octanol–water partition coefficient (Wildman–Crippen LogP) is 1.10. The molecule has 0 spiro atoms. The Morgan fingerprint density at radius 2 is 2.26 bits per heavy atom. The molecule has 19 heavy (non-hydrogen) atoms. The van der Waals surface area contributed by atoms with Gasteiger partial charge in [-0.1, -0.05) is 13.3 Å². The number of rotatable bonds is 4. The lowest BCUT2D eigenvalue weighted by Gasteiger charge is -2.19. The summed E-state index contributed by atoms with van der Waals surface area (Å²) in [4.78, 5) is 23.4. The molecule has 1 amide bonds. The molecule has 3 atom stereocenters. The van der Waals surface area contributed by atoms with Crippen LogP contribution < -0.4 is 5.32 Å². The fraction of sp³-hybridized carbons (Fsp3) is 0.615. The van der Waals surface area contributed by atoms with Crippen LogP contribution in [-0.4, -0.2) is 26.8 Å². The minimum atomic E-state index is -1.06. The van der Waals surface area contributed by atoms with Crippen LogP contribution in [0.15, 0.2) is 12.4 Å². The number of carboxylic acid groups (broad SMARTS) is 1. The maximum absolute atomic E-state index is 12.1. The Labute approximate surface area is 111 Å². The number of aryl methyl sites for hydroxylation is 1. The van der Waals surface area contributed by atoms with E-state index in [-0.39, 0.29) is 11.8 Å². The Bertz CT molecular complexity index is 483. The molecular formula is C13H19N3O3. The van der Waals surface area contributed by atoms with Crippen molar-refractivity contribution in [3.8, 4) is 0 Å². The van der Waals surface area contributed by atoms with Crippen molar-refractivity contribution in [2.24, 2.45) is 18.9 Å². The zero-order chi connectivity index (χ0) is 14.0. The topological polar surface area (TPSA) is 84.2 Å². The summed E-state index contributed by atoms with van der Waals surface area (Å²) in [5, 5.41) is 15.8. The molecule has 104 valence electrons. The van der Waals surface area contributed by atoms with E-state index < -0.39 is 12.0 Å². The summed E-state index contributed by atoms with van der Waals surface area (Å²) >= 11 is 0. The molecule has 1 aromatic heterocycles. The lowest BCUT2D eigenvalue weighted by molar-refractivity contribution is -0.142. The van der Waals surface area contributed by atoms with Gasteiger partial charge in [0.1, 0.15) is 0 Å². The quantitative estimate of drug-likeness (QED) is 0.853. The first-order chi connectivity index (χ1) is 8.99. The Kier molecular flexibility index (Phi) is 3.87. The van der Waals surface area contributed by atoms with E-state index in [1.807, 2.05) is 6.92 Å². The van der Waals surface area contributed by atoms with Crippen LogP contribution in [-0.2, 0) is 16.6 Å². The third kappa shape index (κ3) is 2.94. The van der Waals surface area contributed by atoms with Gasteiger partial charge < -0.3 is 10.4 Å². The lowest BCUT2D eigenvalue weighted by atomic mass is 9.96. The highest BCUT2D eigenvalue weighted by molar-refractivity contribution is 5.86. The number of carboxylic acids is 1. The van der Waals surface area contributed by atoms with Crippen molar-refractivity contribution < 1.29 is 14.7 Å². The fourth-order valence-electron chi connectivity index (χ4n) is 2.66. The van der Waals surface area contributed by atoms with Crippen LogP contribution in [0.3, 0.4) is 0 Å². The van der Waals surface area contributed by atoms with Crippen molar-refractivity contribution in [2.75, 3.05) is 0 Å². The lowest BCUT2D eigenvalue weighted by Crippen LogP contribution is -2.38. The summed E-state index contributed by atoms with van der Waals surface area (Å²) in [7, 11) is 1.71. The minimum absolute atomic E-state index is 0.0708. The first kappa shape index (κ1) is 13.6. The van der Waals surface area contributed by atoms with Crippen LogP contribution in [0.5, 0.6) is 0 Å². The maximum atomic E-state index is 12.1. The summed E-state index contributed by atoms with van der Waals surface area (Å²) in [5.41, 5.74) is 0.494. The van der Waals surface area contributed by atoms with Crippen LogP contribution >= 0.6 is 0 Å². The van der Waals surface area contributed by atoms with Gasteiger partial charge in [-0.3, -0.25) is 9.48 Å². The molecule has 6 nitrogen and oxygen atoms in total. The van der Waals surface area contributed by atoms with Crippen molar-refractivity contribution in [3.63, 3.8) is 0 Å². The van der Waals surface area contributed by atoms with E-state index in [0.717, 1.165) is 19.3 Å². The number of carbonyl (C=O) groups excluding carboxylic acids is 1. The number of nitrogens with zero attached hydrogens (tertiary/aromatic N) is 2. The molecule has 1 saturated carbocycles. The molecule has 0 bridgehead atoms. The highest BCUT2D eigenvalue weighted by Crippen LogP contribution is 2.31. The average Bonchev–Trinajstić information content (AvgIpc) is 2.94. The third-order valence-electron chi connectivity index (χ3n) is 3.79. The van der Waals surface area contributed by atoms with Crippen LogP contribution in [0, 0.1) is 11.8 Å². The van der Waals surface area contributed by atoms with Gasteiger partial charge in [-0.25, -0.2) is 4.79 Å². The molecule has 1 aliphatic carbocycles. The summed E-state index contributed by atoms with van der Waals surface area (Å²) in [6.45, 7) is 2.04. The number of hydrogen-bond donors (Lipinski definition) is 2. The number of nitrogens with one attached hydrogen (secondary N) is 1. The van der Waals surface area contributed by atoms with Crippen LogP contribution in [0.25, 0.3) is 0 Å². The molecule has 0 saturated heterocycles. The van der Waals surface area contributed by atoms with Gasteiger partial charge in [-0.15, -0.1) is 0 Å². The Morgan fingerprint density at radius 3 is 2.74 bits per heavy atom. The standard InChI is InChI=1S/C13H19N3O3/c1-8-4-3-5-10(8)12(17)15-11(13(18)19)9-6-14-16(2)7-9/h6-8,10-11H,3-5H2,1-2H3,(H,15,17)(H,18,19). The second-order valence-electron chi connectivity index (χ2n) is 5.24. The van der Waals surface area contributed by atoms with Crippen molar-refractivity contribution in [1.29, 1.82) is 0 Å². The van der Waals surface area contributed by atoms with Gasteiger partial charge in [-0.2, -0.15) is 5.10 Å². The van der Waals surface area contributed by atoms with E-state index in [1.54, 1.807) is 13.2 Å². The van der Waals surface area contributed by atoms with Crippen LogP contribution in [0.1, 0.15) is 37.8 Å². The number of amides is 1. The van der Waals surface area contributed by atoms with Crippen LogP contribution in [0.4, 0.5) is 0 Å². The monoisotopic (exact) mass is 265 g/mol. The van der Waals surface area contributed by atoms with Crippen LogP contribution in [0.2, 0.25) is 0 Å². The summed E-state index contributed by atoms with van der Waals surface area (Å²) in [6, 6.07) is -1.02. The fourth-order valence-corrected chi connectivity index (χ4v) is 2.66. The SMILES string of the molecule is CC1CCCC1C(=O)NC(C(=O)O)c1cnn(C)c1. The second-order valence-corrected chi connectivity index (χ2v) is 5.24. The molecule has 1 aromatic rings. The highest BCUT2D eigenvalue weighted by Gasteiger charge is 2.33. The minimum Gasteiger partial charge on any atom is -0.479 e. The highest BCUT2D eigenvalue weighted by atomic mass is 16.4. The first-order valence-corrected chi connectivity index (χ1v) is 6.50.